The number of tetrazole rings is 1. The number of aromatic nitrogens is 6. The lowest BCUT2D eigenvalue weighted by Crippen LogP contribution is -2.44. The van der Waals surface area contributed by atoms with Crippen molar-refractivity contribution >= 4 is 24.0 Å². The molecule has 1 saturated carbocycles. The molecule has 11 heteroatoms. The topological polar surface area (TPSA) is 118 Å². The van der Waals surface area contributed by atoms with Gasteiger partial charge in [0.1, 0.15) is 12.1 Å². The molecule has 0 radical (unpaired) electrons. The number of rotatable bonds is 4. The minimum Gasteiger partial charge on any atom is -0.496 e. The number of methoxy groups -OCH3 is 1. The normalized spacial score (nSPS) is 15.3. The third kappa shape index (κ3) is 2.94. The molecule has 0 bridgehead atoms. The zero-order valence-electron chi connectivity index (χ0n) is 13.2. The first-order valence-electron chi connectivity index (χ1n) is 7.35. The predicted molar refractivity (Wildman–Crippen MR) is 91.0 cm³/mol. The summed E-state index contributed by atoms with van der Waals surface area (Å²) in [6, 6.07) is 3.39. The number of halogens is 2. The monoisotopic (exact) mass is 383 g/mol. The van der Waals surface area contributed by atoms with Crippen LogP contribution in [0.25, 0.3) is 17.1 Å². The van der Waals surface area contributed by atoms with Crippen LogP contribution in [0.5, 0.6) is 5.75 Å². The minimum atomic E-state index is -0.495. The first-order valence-corrected chi connectivity index (χ1v) is 7.73. The van der Waals surface area contributed by atoms with Gasteiger partial charge in [-0.3, -0.25) is 0 Å². The lowest BCUT2D eigenvalue weighted by Gasteiger charge is -2.34. The zero-order valence-corrected chi connectivity index (χ0v) is 14.8. The van der Waals surface area contributed by atoms with Crippen molar-refractivity contribution in [1.82, 2.24) is 30.3 Å². The lowest BCUT2D eigenvalue weighted by atomic mass is 9.77. The summed E-state index contributed by atoms with van der Waals surface area (Å²) in [5.41, 5.74) is 6.91. The van der Waals surface area contributed by atoms with E-state index in [1.807, 2.05) is 0 Å². The SMILES string of the molecule is COc1cc(-n2cnnn2)c(Cl)cc1-c1nc(C2(N)CCC2)no1.Cl. The predicted octanol–water partition coefficient (Wildman–Crippen LogP) is 2.13. The van der Waals surface area contributed by atoms with E-state index < -0.39 is 5.54 Å². The minimum absolute atomic E-state index is 0. The maximum Gasteiger partial charge on any atom is 0.261 e. The molecule has 2 aromatic heterocycles. The molecule has 1 fully saturated rings. The van der Waals surface area contributed by atoms with Gasteiger partial charge in [-0.2, -0.15) is 9.67 Å². The molecule has 0 spiro atoms. The Balaban J connectivity index is 0.00000182. The van der Waals surface area contributed by atoms with E-state index in [1.54, 1.807) is 19.2 Å². The van der Waals surface area contributed by atoms with Gasteiger partial charge in [0.05, 0.1) is 28.9 Å². The highest BCUT2D eigenvalue weighted by Gasteiger charge is 2.39. The Hall–Kier alpha value is -2.23. The highest BCUT2D eigenvalue weighted by Crippen LogP contribution is 2.40. The highest BCUT2D eigenvalue weighted by molar-refractivity contribution is 6.32. The molecule has 2 N–H and O–H groups in total. The Morgan fingerprint density at radius 1 is 1.36 bits per heavy atom. The van der Waals surface area contributed by atoms with E-state index in [4.69, 9.17) is 26.6 Å². The van der Waals surface area contributed by atoms with Crippen molar-refractivity contribution in [2.24, 2.45) is 5.73 Å². The number of hydrogen-bond acceptors (Lipinski definition) is 8. The molecule has 0 aliphatic heterocycles. The summed E-state index contributed by atoms with van der Waals surface area (Å²) in [5.74, 6) is 1.33. The number of nitrogens with zero attached hydrogens (tertiary/aromatic N) is 6. The van der Waals surface area contributed by atoms with Crippen LogP contribution in [0.4, 0.5) is 0 Å². The Kier molecular flexibility index (Phi) is 4.63. The fourth-order valence-electron chi connectivity index (χ4n) is 2.64. The first kappa shape index (κ1) is 17.6. The van der Waals surface area contributed by atoms with Crippen LogP contribution >= 0.6 is 24.0 Å². The Morgan fingerprint density at radius 3 is 2.76 bits per heavy atom. The number of hydrogen-bond donors (Lipinski definition) is 1. The summed E-state index contributed by atoms with van der Waals surface area (Å²) in [4.78, 5) is 4.43. The molecule has 1 aromatic carbocycles. The van der Waals surface area contributed by atoms with Crippen molar-refractivity contribution in [1.29, 1.82) is 0 Å². The Morgan fingerprint density at radius 2 is 2.16 bits per heavy atom. The van der Waals surface area contributed by atoms with E-state index in [-0.39, 0.29) is 12.4 Å². The molecule has 9 nitrogen and oxygen atoms in total. The third-order valence-corrected chi connectivity index (χ3v) is 4.52. The number of ether oxygens (including phenoxy) is 1. The first-order chi connectivity index (χ1) is 11.6. The molecule has 1 aliphatic rings. The van der Waals surface area contributed by atoms with Crippen LogP contribution < -0.4 is 10.5 Å². The second-order valence-electron chi connectivity index (χ2n) is 5.69. The van der Waals surface area contributed by atoms with Gasteiger partial charge in [0.2, 0.25) is 0 Å². The van der Waals surface area contributed by atoms with Gasteiger partial charge >= 0.3 is 0 Å². The fourth-order valence-corrected chi connectivity index (χ4v) is 2.89. The van der Waals surface area contributed by atoms with Crippen molar-refractivity contribution in [3.05, 3.63) is 29.3 Å². The van der Waals surface area contributed by atoms with E-state index in [0.29, 0.717) is 33.7 Å². The van der Waals surface area contributed by atoms with Gasteiger partial charge in [0, 0.05) is 6.07 Å². The summed E-state index contributed by atoms with van der Waals surface area (Å²) in [6.07, 6.45) is 4.21. The van der Waals surface area contributed by atoms with Gasteiger partial charge < -0.3 is 15.0 Å². The van der Waals surface area contributed by atoms with Crippen LogP contribution in [0.2, 0.25) is 5.02 Å². The van der Waals surface area contributed by atoms with Gasteiger partial charge in [-0.1, -0.05) is 16.8 Å². The quantitative estimate of drug-likeness (QED) is 0.727. The van der Waals surface area contributed by atoms with Crippen molar-refractivity contribution in [2.75, 3.05) is 7.11 Å². The van der Waals surface area contributed by atoms with E-state index in [0.717, 1.165) is 19.3 Å². The van der Waals surface area contributed by atoms with Gasteiger partial charge in [-0.25, -0.2) is 0 Å². The van der Waals surface area contributed by atoms with E-state index in [9.17, 15) is 0 Å². The zero-order chi connectivity index (χ0) is 16.7. The molecule has 1 aliphatic carbocycles. The molecule has 0 atom stereocenters. The van der Waals surface area contributed by atoms with Crippen LogP contribution in [-0.4, -0.2) is 37.5 Å². The summed E-state index contributed by atoms with van der Waals surface area (Å²) in [5, 5.41) is 15.5. The van der Waals surface area contributed by atoms with Crippen LogP contribution in [0.1, 0.15) is 25.1 Å². The Labute approximate surface area is 153 Å². The van der Waals surface area contributed by atoms with Crippen molar-refractivity contribution in [3.63, 3.8) is 0 Å². The average Bonchev–Trinajstić information content (AvgIpc) is 3.24. The molecule has 132 valence electrons. The molecule has 4 rings (SSSR count). The molecule has 2 heterocycles. The van der Waals surface area contributed by atoms with Gasteiger partial charge in [0.25, 0.3) is 5.89 Å². The molecule has 3 aromatic rings. The van der Waals surface area contributed by atoms with Crippen molar-refractivity contribution < 1.29 is 9.26 Å². The van der Waals surface area contributed by atoms with E-state index in [2.05, 4.69) is 25.7 Å². The second kappa shape index (κ2) is 6.58. The van der Waals surface area contributed by atoms with Gasteiger partial charge in [-0.15, -0.1) is 17.5 Å². The standard InChI is InChI=1S/C14H14ClN7O2.ClH/c1-23-11-6-10(22-7-17-20-21-22)9(15)5-8(11)12-18-13(19-24-12)14(16)3-2-4-14;/h5-7H,2-4,16H2,1H3;1H. The molecule has 0 amide bonds. The molecular formula is C14H15Cl2N7O2. The second-order valence-corrected chi connectivity index (χ2v) is 6.10. The number of benzene rings is 1. The fraction of sp³-hybridized carbons (Fsp3) is 0.357. The Bertz CT molecular complexity index is 877. The molecule has 0 saturated heterocycles. The summed E-state index contributed by atoms with van der Waals surface area (Å²) in [6.45, 7) is 0. The highest BCUT2D eigenvalue weighted by atomic mass is 35.5. The van der Waals surface area contributed by atoms with Crippen LogP contribution in [0.15, 0.2) is 23.0 Å². The maximum absolute atomic E-state index is 6.35. The van der Waals surface area contributed by atoms with Crippen molar-refractivity contribution in [3.8, 4) is 22.9 Å². The summed E-state index contributed by atoms with van der Waals surface area (Å²) in [7, 11) is 1.55. The molecule has 25 heavy (non-hydrogen) atoms. The maximum atomic E-state index is 6.35. The smallest absolute Gasteiger partial charge is 0.261 e. The molecular weight excluding hydrogens is 369 g/mol. The van der Waals surface area contributed by atoms with Gasteiger partial charge in [0.15, 0.2) is 5.82 Å². The van der Waals surface area contributed by atoms with E-state index in [1.165, 1.54) is 11.0 Å². The number of nitrogens with two attached hydrogens (primary N) is 1. The van der Waals surface area contributed by atoms with Gasteiger partial charge in [-0.05, 0) is 35.8 Å². The largest absolute Gasteiger partial charge is 0.496 e. The average molecular weight is 384 g/mol. The lowest BCUT2D eigenvalue weighted by molar-refractivity contribution is 0.229. The van der Waals surface area contributed by atoms with Crippen LogP contribution in [0, 0.1) is 0 Å². The van der Waals surface area contributed by atoms with Crippen molar-refractivity contribution in [2.45, 2.75) is 24.8 Å². The van der Waals surface area contributed by atoms with Crippen LogP contribution in [-0.2, 0) is 5.54 Å². The summed E-state index contributed by atoms with van der Waals surface area (Å²) >= 11 is 6.35. The molecule has 0 unspecified atom stereocenters. The van der Waals surface area contributed by atoms with Crippen LogP contribution in [0.3, 0.4) is 0 Å². The summed E-state index contributed by atoms with van der Waals surface area (Å²) < 4.78 is 12.2. The van der Waals surface area contributed by atoms with E-state index >= 15 is 0 Å². The third-order valence-electron chi connectivity index (χ3n) is 4.21.